The van der Waals surface area contributed by atoms with Gasteiger partial charge < -0.3 is 9.84 Å². The molecule has 0 heterocycles. The molecule has 0 bridgehead atoms. The Hall–Kier alpha value is -1.80. The molecule has 1 atom stereocenters. The average Bonchev–Trinajstić information content (AvgIpc) is 2.41. The van der Waals surface area contributed by atoms with Crippen molar-refractivity contribution in [3.63, 3.8) is 0 Å². The summed E-state index contributed by atoms with van der Waals surface area (Å²) in [4.78, 5) is 0. The highest BCUT2D eigenvalue weighted by Crippen LogP contribution is 2.34. The zero-order valence-corrected chi connectivity index (χ0v) is 11.9. The van der Waals surface area contributed by atoms with Gasteiger partial charge in [0.15, 0.2) is 0 Å². The Morgan fingerprint density at radius 2 is 1.58 bits per heavy atom. The van der Waals surface area contributed by atoms with E-state index in [0.717, 1.165) is 28.0 Å². The smallest absolute Gasteiger partial charge is 0.128 e. The van der Waals surface area contributed by atoms with E-state index < -0.39 is 6.10 Å². The van der Waals surface area contributed by atoms with Crippen LogP contribution in [0, 0.1) is 20.8 Å². The summed E-state index contributed by atoms with van der Waals surface area (Å²) >= 11 is 0. The van der Waals surface area contributed by atoms with Crippen LogP contribution in [0.3, 0.4) is 0 Å². The van der Waals surface area contributed by atoms with Gasteiger partial charge in [0.25, 0.3) is 0 Å². The van der Waals surface area contributed by atoms with Gasteiger partial charge in [0, 0.05) is 5.56 Å². The van der Waals surface area contributed by atoms with E-state index in [4.69, 9.17) is 4.74 Å². The first-order valence-corrected chi connectivity index (χ1v) is 6.43. The molecule has 2 aromatic carbocycles. The molecule has 0 amide bonds. The summed E-state index contributed by atoms with van der Waals surface area (Å²) in [6.45, 7) is 6.09. The van der Waals surface area contributed by atoms with Crippen molar-refractivity contribution in [1.29, 1.82) is 0 Å². The lowest BCUT2D eigenvalue weighted by Gasteiger charge is -2.18. The fourth-order valence-corrected chi connectivity index (χ4v) is 2.23. The van der Waals surface area contributed by atoms with E-state index in [1.165, 1.54) is 5.56 Å². The summed E-state index contributed by atoms with van der Waals surface area (Å²) in [5, 5.41) is 10.5. The molecular weight excluding hydrogens is 236 g/mol. The molecule has 2 aromatic rings. The van der Waals surface area contributed by atoms with Crippen molar-refractivity contribution in [3.05, 3.63) is 64.2 Å². The first kappa shape index (κ1) is 13.6. The molecule has 1 N–H and O–H groups in total. The molecule has 0 saturated carbocycles. The third-order valence-electron chi connectivity index (χ3n) is 3.60. The van der Waals surface area contributed by atoms with Gasteiger partial charge in [-0.05, 0) is 37.5 Å². The molecule has 2 heteroatoms. The second-order valence-electron chi connectivity index (χ2n) is 4.94. The number of hydrogen-bond acceptors (Lipinski definition) is 2. The number of rotatable bonds is 3. The van der Waals surface area contributed by atoms with Gasteiger partial charge in [0.1, 0.15) is 11.9 Å². The van der Waals surface area contributed by atoms with Crippen LogP contribution in [0.15, 0.2) is 36.4 Å². The van der Waals surface area contributed by atoms with Gasteiger partial charge in [-0.15, -0.1) is 0 Å². The van der Waals surface area contributed by atoms with Gasteiger partial charge in [0.2, 0.25) is 0 Å². The molecule has 0 aliphatic rings. The monoisotopic (exact) mass is 256 g/mol. The van der Waals surface area contributed by atoms with Crippen molar-refractivity contribution in [2.75, 3.05) is 7.11 Å². The summed E-state index contributed by atoms with van der Waals surface area (Å²) in [6.07, 6.45) is -0.658. The summed E-state index contributed by atoms with van der Waals surface area (Å²) in [5.74, 6) is 0.771. The van der Waals surface area contributed by atoms with Crippen molar-refractivity contribution in [2.24, 2.45) is 0 Å². The van der Waals surface area contributed by atoms with Crippen molar-refractivity contribution in [2.45, 2.75) is 26.9 Å². The van der Waals surface area contributed by atoms with E-state index in [9.17, 15) is 5.11 Å². The van der Waals surface area contributed by atoms with E-state index in [1.807, 2.05) is 57.2 Å². The van der Waals surface area contributed by atoms with E-state index in [0.29, 0.717) is 0 Å². The highest BCUT2D eigenvalue weighted by Gasteiger charge is 2.17. The third-order valence-corrected chi connectivity index (χ3v) is 3.60. The Kier molecular flexibility index (Phi) is 3.91. The number of methoxy groups -OCH3 is 1. The van der Waals surface area contributed by atoms with Crippen LogP contribution >= 0.6 is 0 Å². The predicted molar refractivity (Wildman–Crippen MR) is 77.7 cm³/mol. The summed E-state index contributed by atoms with van der Waals surface area (Å²) in [6, 6.07) is 11.9. The van der Waals surface area contributed by atoms with Gasteiger partial charge >= 0.3 is 0 Å². The number of ether oxygens (including phenoxy) is 1. The van der Waals surface area contributed by atoms with E-state index in [-0.39, 0.29) is 0 Å². The summed E-state index contributed by atoms with van der Waals surface area (Å²) in [5.41, 5.74) is 5.12. The Morgan fingerprint density at radius 1 is 0.947 bits per heavy atom. The summed E-state index contributed by atoms with van der Waals surface area (Å²) in [7, 11) is 1.65. The molecule has 100 valence electrons. The molecule has 0 radical (unpaired) electrons. The molecule has 2 nitrogen and oxygen atoms in total. The van der Waals surface area contributed by atoms with Crippen LogP contribution in [0.5, 0.6) is 5.75 Å². The lowest BCUT2D eigenvalue weighted by atomic mass is 9.96. The average molecular weight is 256 g/mol. The number of aryl methyl sites for hydroxylation is 2. The lowest BCUT2D eigenvalue weighted by molar-refractivity contribution is 0.214. The minimum absolute atomic E-state index is 0.658. The standard InChI is InChI=1S/C17H20O2/c1-11-5-8-14(9-6-11)16(18)15-10-7-12(2)13(3)17(15)19-4/h5-10,16,18H,1-4H3. The van der Waals surface area contributed by atoms with Crippen molar-refractivity contribution in [1.82, 2.24) is 0 Å². The predicted octanol–water partition coefficient (Wildman–Crippen LogP) is 3.70. The van der Waals surface area contributed by atoms with E-state index >= 15 is 0 Å². The van der Waals surface area contributed by atoms with Crippen LogP contribution < -0.4 is 4.74 Å². The molecule has 19 heavy (non-hydrogen) atoms. The van der Waals surface area contributed by atoms with E-state index in [1.54, 1.807) is 7.11 Å². The quantitative estimate of drug-likeness (QED) is 0.907. The van der Waals surface area contributed by atoms with Gasteiger partial charge in [-0.25, -0.2) is 0 Å². The zero-order valence-electron chi connectivity index (χ0n) is 11.9. The Morgan fingerprint density at radius 3 is 2.16 bits per heavy atom. The van der Waals surface area contributed by atoms with Gasteiger partial charge in [0.05, 0.1) is 7.11 Å². The minimum atomic E-state index is -0.658. The van der Waals surface area contributed by atoms with Crippen LogP contribution in [0.1, 0.15) is 33.9 Å². The molecule has 0 aliphatic carbocycles. The first-order valence-electron chi connectivity index (χ1n) is 6.43. The number of aliphatic hydroxyl groups is 1. The summed E-state index contributed by atoms with van der Waals surface area (Å²) < 4.78 is 5.46. The SMILES string of the molecule is COc1c(C(O)c2ccc(C)cc2)ccc(C)c1C. The number of benzene rings is 2. The van der Waals surface area contributed by atoms with Gasteiger partial charge in [-0.1, -0.05) is 42.0 Å². The fourth-order valence-electron chi connectivity index (χ4n) is 2.23. The number of aliphatic hydroxyl groups excluding tert-OH is 1. The van der Waals surface area contributed by atoms with Gasteiger partial charge in [-0.2, -0.15) is 0 Å². The lowest BCUT2D eigenvalue weighted by Crippen LogP contribution is -2.04. The highest BCUT2D eigenvalue weighted by atomic mass is 16.5. The Bertz CT molecular complexity index is 571. The molecule has 0 aliphatic heterocycles. The minimum Gasteiger partial charge on any atom is -0.496 e. The van der Waals surface area contributed by atoms with Gasteiger partial charge in [-0.3, -0.25) is 0 Å². The van der Waals surface area contributed by atoms with Crippen LogP contribution in [0.4, 0.5) is 0 Å². The Balaban J connectivity index is 2.46. The molecule has 0 fully saturated rings. The molecular formula is C17H20O2. The second kappa shape index (κ2) is 5.45. The highest BCUT2D eigenvalue weighted by molar-refractivity contribution is 5.48. The Labute approximate surface area is 114 Å². The van der Waals surface area contributed by atoms with Crippen LogP contribution in [0.25, 0.3) is 0 Å². The first-order chi connectivity index (χ1) is 9.04. The normalized spacial score (nSPS) is 12.3. The van der Waals surface area contributed by atoms with Crippen LogP contribution in [0.2, 0.25) is 0 Å². The maximum absolute atomic E-state index is 10.5. The topological polar surface area (TPSA) is 29.5 Å². The molecule has 2 rings (SSSR count). The zero-order chi connectivity index (χ0) is 14.0. The van der Waals surface area contributed by atoms with Crippen molar-refractivity contribution < 1.29 is 9.84 Å². The molecule has 0 saturated heterocycles. The fraction of sp³-hybridized carbons (Fsp3) is 0.294. The van der Waals surface area contributed by atoms with Crippen LogP contribution in [-0.4, -0.2) is 12.2 Å². The maximum atomic E-state index is 10.5. The van der Waals surface area contributed by atoms with Crippen molar-refractivity contribution >= 4 is 0 Å². The third kappa shape index (κ3) is 2.64. The second-order valence-corrected chi connectivity index (χ2v) is 4.94. The largest absolute Gasteiger partial charge is 0.496 e. The maximum Gasteiger partial charge on any atom is 0.128 e. The van der Waals surface area contributed by atoms with Crippen LogP contribution in [-0.2, 0) is 0 Å². The molecule has 1 unspecified atom stereocenters. The molecule has 0 spiro atoms. The number of hydrogen-bond donors (Lipinski definition) is 1. The van der Waals surface area contributed by atoms with E-state index in [2.05, 4.69) is 0 Å². The van der Waals surface area contributed by atoms with Crippen molar-refractivity contribution in [3.8, 4) is 5.75 Å². The molecule has 0 aromatic heterocycles.